The molecule has 0 radical (unpaired) electrons. The Bertz CT molecular complexity index is 1040. The average Bonchev–Trinajstić information content (AvgIpc) is 2.64. The Kier molecular flexibility index (Phi) is 5.83. The number of esters is 1. The van der Waals surface area contributed by atoms with Gasteiger partial charge in [0, 0.05) is 6.07 Å². The highest BCUT2D eigenvalue weighted by Gasteiger charge is 2.17. The van der Waals surface area contributed by atoms with Crippen LogP contribution in [0.5, 0.6) is 17.2 Å². The van der Waals surface area contributed by atoms with Crippen LogP contribution in [0.4, 0.5) is 0 Å². The molecule has 0 aliphatic rings. The SMILES string of the molecule is CCC(CC)C(=O)Oc1ccc2c(=O)c(Oc3cc(C)cc(C)c3)coc2c1. The maximum absolute atomic E-state index is 12.7. The summed E-state index contributed by atoms with van der Waals surface area (Å²) in [5, 5.41) is 0.365. The third-order valence-electron chi connectivity index (χ3n) is 4.67. The van der Waals surface area contributed by atoms with Gasteiger partial charge in [0.05, 0.1) is 11.3 Å². The minimum atomic E-state index is -0.279. The number of hydrogen-bond donors (Lipinski definition) is 0. The van der Waals surface area contributed by atoms with Crippen molar-refractivity contribution in [1.82, 2.24) is 0 Å². The maximum Gasteiger partial charge on any atom is 0.314 e. The number of hydrogen-bond acceptors (Lipinski definition) is 5. The van der Waals surface area contributed by atoms with Crippen LogP contribution in [0.1, 0.15) is 37.8 Å². The average molecular weight is 380 g/mol. The fourth-order valence-electron chi connectivity index (χ4n) is 3.17. The number of fused-ring (bicyclic) bond motifs is 1. The lowest BCUT2D eigenvalue weighted by Gasteiger charge is -2.12. The molecule has 0 saturated heterocycles. The summed E-state index contributed by atoms with van der Waals surface area (Å²) >= 11 is 0. The van der Waals surface area contributed by atoms with Crippen molar-refractivity contribution in [2.75, 3.05) is 0 Å². The van der Waals surface area contributed by atoms with E-state index in [0.29, 0.717) is 22.5 Å². The monoisotopic (exact) mass is 380 g/mol. The van der Waals surface area contributed by atoms with Gasteiger partial charge in [0.15, 0.2) is 0 Å². The molecule has 2 aromatic carbocycles. The van der Waals surface area contributed by atoms with Gasteiger partial charge < -0.3 is 13.9 Å². The molecule has 0 unspecified atom stereocenters. The zero-order valence-electron chi connectivity index (χ0n) is 16.6. The van der Waals surface area contributed by atoms with Crippen LogP contribution in [0, 0.1) is 19.8 Å². The number of carbonyl (C=O) groups excluding carboxylic acids is 1. The van der Waals surface area contributed by atoms with Crippen LogP contribution in [0.2, 0.25) is 0 Å². The summed E-state index contributed by atoms with van der Waals surface area (Å²) in [4.78, 5) is 24.9. The normalized spacial score (nSPS) is 11.0. The molecule has 0 amide bonds. The number of ether oxygens (including phenoxy) is 2. The Morgan fingerprint density at radius 3 is 2.32 bits per heavy atom. The smallest absolute Gasteiger partial charge is 0.314 e. The van der Waals surface area contributed by atoms with E-state index in [4.69, 9.17) is 13.9 Å². The molecule has 0 aliphatic heterocycles. The molecule has 0 aliphatic carbocycles. The van der Waals surface area contributed by atoms with Crippen LogP contribution in [0.25, 0.3) is 11.0 Å². The Hall–Kier alpha value is -3.08. The second kappa shape index (κ2) is 8.30. The third-order valence-corrected chi connectivity index (χ3v) is 4.67. The van der Waals surface area contributed by atoms with Crippen molar-refractivity contribution < 1.29 is 18.7 Å². The van der Waals surface area contributed by atoms with Crippen molar-refractivity contribution in [2.45, 2.75) is 40.5 Å². The van der Waals surface area contributed by atoms with Crippen LogP contribution in [0.3, 0.4) is 0 Å². The Morgan fingerprint density at radius 2 is 1.68 bits per heavy atom. The molecule has 3 aromatic rings. The first-order valence-electron chi connectivity index (χ1n) is 9.44. The van der Waals surface area contributed by atoms with E-state index in [-0.39, 0.29) is 23.1 Å². The van der Waals surface area contributed by atoms with E-state index >= 15 is 0 Å². The predicted molar refractivity (Wildman–Crippen MR) is 108 cm³/mol. The van der Waals surface area contributed by atoms with Crippen LogP contribution >= 0.6 is 0 Å². The number of rotatable bonds is 6. The summed E-state index contributed by atoms with van der Waals surface area (Å²) in [7, 11) is 0. The van der Waals surface area contributed by atoms with E-state index in [9.17, 15) is 9.59 Å². The fourth-order valence-corrected chi connectivity index (χ4v) is 3.17. The quantitative estimate of drug-likeness (QED) is 0.415. The van der Waals surface area contributed by atoms with E-state index in [0.717, 1.165) is 24.0 Å². The van der Waals surface area contributed by atoms with E-state index < -0.39 is 0 Å². The van der Waals surface area contributed by atoms with Gasteiger partial charge in [-0.1, -0.05) is 19.9 Å². The molecule has 0 bridgehead atoms. The lowest BCUT2D eigenvalue weighted by molar-refractivity contribution is -0.139. The summed E-state index contributed by atoms with van der Waals surface area (Å²) < 4.78 is 16.7. The summed E-state index contributed by atoms with van der Waals surface area (Å²) in [6.07, 6.45) is 2.73. The van der Waals surface area contributed by atoms with Gasteiger partial charge in [0.25, 0.3) is 0 Å². The molecule has 1 aromatic heterocycles. The Labute approximate surface area is 163 Å². The van der Waals surface area contributed by atoms with Crippen molar-refractivity contribution in [3.8, 4) is 17.2 Å². The standard InChI is InChI=1S/C23H24O5/c1-5-16(6-2)23(25)28-17-7-8-19-20(12-17)26-13-21(22(19)24)27-18-10-14(3)9-15(4)11-18/h7-13,16H,5-6H2,1-4H3. The minimum Gasteiger partial charge on any atom is -0.460 e. The topological polar surface area (TPSA) is 65.7 Å². The fraction of sp³-hybridized carbons (Fsp3) is 0.304. The first kappa shape index (κ1) is 19.7. The first-order valence-corrected chi connectivity index (χ1v) is 9.44. The second-order valence-corrected chi connectivity index (χ2v) is 6.95. The van der Waals surface area contributed by atoms with Gasteiger partial charge in [-0.2, -0.15) is 0 Å². The van der Waals surface area contributed by atoms with Crippen LogP contribution in [-0.2, 0) is 4.79 Å². The molecule has 0 atom stereocenters. The molecule has 5 heteroatoms. The molecule has 0 fully saturated rings. The molecule has 0 saturated carbocycles. The largest absolute Gasteiger partial charge is 0.460 e. The highest BCUT2D eigenvalue weighted by Crippen LogP contribution is 2.26. The van der Waals surface area contributed by atoms with E-state index in [1.54, 1.807) is 18.2 Å². The maximum atomic E-state index is 12.7. The van der Waals surface area contributed by atoms with Gasteiger partial charge in [-0.15, -0.1) is 0 Å². The molecule has 0 spiro atoms. The van der Waals surface area contributed by atoms with Gasteiger partial charge in [0.2, 0.25) is 11.2 Å². The zero-order chi connectivity index (χ0) is 20.3. The summed E-state index contributed by atoms with van der Waals surface area (Å²) in [5.41, 5.74) is 2.15. The summed E-state index contributed by atoms with van der Waals surface area (Å²) in [6, 6.07) is 10.5. The molecular weight excluding hydrogens is 356 g/mol. The molecule has 0 N–H and O–H groups in total. The van der Waals surface area contributed by atoms with E-state index in [2.05, 4.69) is 0 Å². The molecule has 1 heterocycles. The first-order chi connectivity index (χ1) is 13.4. The van der Waals surface area contributed by atoms with Crippen LogP contribution in [-0.4, -0.2) is 5.97 Å². The predicted octanol–water partition coefficient (Wildman–Crippen LogP) is 5.54. The van der Waals surface area contributed by atoms with Crippen molar-refractivity contribution in [1.29, 1.82) is 0 Å². The highest BCUT2D eigenvalue weighted by atomic mass is 16.5. The molecule has 3 rings (SSSR count). The van der Waals surface area contributed by atoms with Gasteiger partial charge in [-0.05, 0) is 62.1 Å². The summed E-state index contributed by atoms with van der Waals surface area (Å²) in [5.74, 6) is 0.632. The number of carbonyl (C=O) groups is 1. The van der Waals surface area contributed by atoms with Gasteiger partial charge in [0.1, 0.15) is 23.3 Å². The van der Waals surface area contributed by atoms with E-state index in [1.165, 1.54) is 6.26 Å². The van der Waals surface area contributed by atoms with Gasteiger partial charge in [-0.3, -0.25) is 9.59 Å². The highest BCUT2D eigenvalue weighted by molar-refractivity contribution is 5.81. The van der Waals surface area contributed by atoms with Crippen molar-refractivity contribution >= 4 is 16.9 Å². The van der Waals surface area contributed by atoms with Crippen LogP contribution < -0.4 is 14.9 Å². The lowest BCUT2D eigenvalue weighted by Crippen LogP contribution is -2.19. The zero-order valence-corrected chi connectivity index (χ0v) is 16.6. The Balaban J connectivity index is 1.88. The van der Waals surface area contributed by atoms with Gasteiger partial charge >= 0.3 is 5.97 Å². The Morgan fingerprint density at radius 1 is 1.00 bits per heavy atom. The second-order valence-electron chi connectivity index (χ2n) is 6.95. The van der Waals surface area contributed by atoms with Crippen molar-refractivity contribution in [3.63, 3.8) is 0 Å². The number of aryl methyl sites for hydroxylation is 2. The molecular formula is C23H24O5. The van der Waals surface area contributed by atoms with Crippen molar-refractivity contribution in [2.24, 2.45) is 5.92 Å². The third kappa shape index (κ3) is 4.25. The van der Waals surface area contributed by atoms with Gasteiger partial charge in [-0.25, -0.2) is 0 Å². The van der Waals surface area contributed by atoms with Crippen LogP contribution in [0.15, 0.2) is 51.9 Å². The molecule has 28 heavy (non-hydrogen) atoms. The minimum absolute atomic E-state index is 0.110. The lowest BCUT2D eigenvalue weighted by atomic mass is 10.0. The number of benzene rings is 2. The van der Waals surface area contributed by atoms with Crippen molar-refractivity contribution in [3.05, 3.63) is 64.0 Å². The molecule has 5 nitrogen and oxygen atoms in total. The van der Waals surface area contributed by atoms with E-state index in [1.807, 2.05) is 45.9 Å². The molecule has 146 valence electrons. The summed E-state index contributed by atoms with van der Waals surface area (Å²) in [6.45, 7) is 7.83.